The van der Waals surface area contributed by atoms with Gasteiger partial charge in [-0.15, -0.1) is 0 Å². The van der Waals surface area contributed by atoms with E-state index in [1.807, 2.05) is 24.3 Å². The molecule has 27 heavy (non-hydrogen) atoms. The third kappa shape index (κ3) is 3.46. The SMILES string of the molecule is Cc1ccc(/C=C(/C#N)C(=O)Nc2c(C)n(C)n(-c3ccccc3)c2=O)o1. The standard InChI is InChI=1S/C20H18N4O3/c1-13-9-10-17(27-13)11-15(12-21)19(25)22-18-14(2)23(3)24(20(18)26)16-7-5-4-6-8-16/h4-11H,1-3H3,(H,22,25)/b15-11-. The van der Waals surface area contributed by atoms with E-state index in [1.165, 1.54) is 10.8 Å². The lowest BCUT2D eigenvalue weighted by Crippen LogP contribution is -2.23. The van der Waals surface area contributed by atoms with Gasteiger partial charge in [-0.05, 0) is 38.1 Å². The fourth-order valence-corrected chi connectivity index (χ4v) is 2.71. The van der Waals surface area contributed by atoms with Crippen molar-refractivity contribution in [2.45, 2.75) is 13.8 Å². The number of benzene rings is 1. The van der Waals surface area contributed by atoms with E-state index in [0.717, 1.165) is 0 Å². The van der Waals surface area contributed by atoms with Gasteiger partial charge in [-0.3, -0.25) is 14.3 Å². The number of rotatable bonds is 4. The molecule has 1 N–H and O–H groups in total. The van der Waals surface area contributed by atoms with E-state index in [0.29, 0.717) is 22.9 Å². The van der Waals surface area contributed by atoms with Crippen molar-refractivity contribution >= 4 is 17.7 Å². The van der Waals surface area contributed by atoms with Crippen LogP contribution in [0.3, 0.4) is 0 Å². The van der Waals surface area contributed by atoms with Crippen LogP contribution in [0.1, 0.15) is 17.2 Å². The number of aromatic nitrogens is 2. The van der Waals surface area contributed by atoms with Gasteiger partial charge in [-0.25, -0.2) is 4.68 Å². The molecule has 1 aromatic carbocycles. The Labute approximate surface area is 155 Å². The molecule has 0 aliphatic heterocycles. The first kappa shape index (κ1) is 18.0. The normalized spacial score (nSPS) is 11.3. The minimum Gasteiger partial charge on any atom is -0.462 e. The van der Waals surface area contributed by atoms with Crippen molar-refractivity contribution in [3.63, 3.8) is 0 Å². The molecule has 0 aliphatic carbocycles. The lowest BCUT2D eigenvalue weighted by Gasteiger charge is -2.07. The Morgan fingerprint density at radius 1 is 1.19 bits per heavy atom. The number of para-hydroxylation sites is 1. The third-order valence-electron chi connectivity index (χ3n) is 4.21. The monoisotopic (exact) mass is 362 g/mol. The molecular formula is C20H18N4O3. The van der Waals surface area contributed by atoms with Gasteiger partial charge in [0.2, 0.25) is 0 Å². The number of nitrogens with zero attached hydrogens (tertiary/aromatic N) is 3. The van der Waals surface area contributed by atoms with Crippen molar-refractivity contribution in [3.05, 3.63) is 75.6 Å². The Kier molecular flexibility index (Phi) is 4.81. The molecule has 0 fully saturated rings. The van der Waals surface area contributed by atoms with E-state index < -0.39 is 5.91 Å². The van der Waals surface area contributed by atoms with Gasteiger partial charge in [0.1, 0.15) is 28.9 Å². The van der Waals surface area contributed by atoms with Crippen molar-refractivity contribution in [1.82, 2.24) is 9.36 Å². The smallest absolute Gasteiger partial charge is 0.295 e. The highest BCUT2D eigenvalue weighted by Crippen LogP contribution is 2.16. The van der Waals surface area contributed by atoms with Gasteiger partial charge in [0.25, 0.3) is 11.5 Å². The van der Waals surface area contributed by atoms with E-state index in [-0.39, 0.29) is 16.8 Å². The summed E-state index contributed by atoms with van der Waals surface area (Å²) >= 11 is 0. The molecule has 0 bridgehead atoms. The lowest BCUT2D eigenvalue weighted by molar-refractivity contribution is -0.112. The molecule has 0 aliphatic rings. The zero-order valence-corrected chi connectivity index (χ0v) is 15.2. The molecule has 3 aromatic rings. The Balaban J connectivity index is 1.96. The predicted octanol–water partition coefficient (Wildman–Crippen LogP) is 2.93. The maximum Gasteiger partial charge on any atom is 0.295 e. The Bertz CT molecular complexity index is 1120. The van der Waals surface area contributed by atoms with Gasteiger partial charge in [0, 0.05) is 13.1 Å². The number of hydrogen-bond donors (Lipinski definition) is 1. The summed E-state index contributed by atoms with van der Waals surface area (Å²) in [5.74, 6) is 0.395. The molecule has 2 aromatic heterocycles. The Morgan fingerprint density at radius 3 is 2.48 bits per heavy atom. The molecule has 7 nitrogen and oxygen atoms in total. The third-order valence-corrected chi connectivity index (χ3v) is 4.21. The van der Waals surface area contributed by atoms with Crippen molar-refractivity contribution in [3.8, 4) is 11.8 Å². The van der Waals surface area contributed by atoms with Crippen molar-refractivity contribution in [1.29, 1.82) is 5.26 Å². The van der Waals surface area contributed by atoms with Crippen LogP contribution in [-0.4, -0.2) is 15.3 Å². The maximum absolute atomic E-state index is 12.8. The van der Waals surface area contributed by atoms with Crippen LogP contribution in [0.15, 0.2) is 57.2 Å². The van der Waals surface area contributed by atoms with E-state index in [2.05, 4.69) is 5.32 Å². The number of aryl methyl sites for hydroxylation is 1. The Morgan fingerprint density at radius 2 is 1.89 bits per heavy atom. The van der Waals surface area contributed by atoms with Crippen LogP contribution < -0.4 is 10.9 Å². The average molecular weight is 362 g/mol. The molecule has 3 rings (SSSR count). The van der Waals surface area contributed by atoms with Crippen molar-refractivity contribution in [2.24, 2.45) is 7.05 Å². The lowest BCUT2D eigenvalue weighted by atomic mass is 10.2. The van der Waals surface area contributed by atoms with Gasteiger partial charge < -0.3 is 9.73 Å². The van der Waals surface area contributed by atoms with E-state index >= 15 is 0 Å². The zero-order valence-electron chi connectivity index (χ0n) is 15.2. The fourth-order valence-electron chi connectivity index (χ4n) is 2.71. The molecule has 0 spiro atoms. The first-order valence-corrected chi connectivity index (χ1v) is 8.26. The zero-order chi connectivity index (χ0) is 19.6. The topological polar surface area (TPSA) is 93.0 Å². The maximum atomic E-state index is 12.8. The summed E-state index contributed by atoms with van der Waals surface area (Å²) in [6.45, 7) is 3.49. The van der Waals surface area contributed by atoms with E-state index in [9.17, 15) is 14.9 Å². The van der Waals surface area contributed by atoms with Crippen LogP contribution in [0.5, 0.6) is 0 Å². The van der Waals surface area contributed by atoms with Crippen molar-refractivity contribution < 1.29 is 9.21 Å². The Hall–Kier alpha value is -3.79. The van der Waals surface area contributed by atoms with Gasteiger partial charge in [-0.2, -0.15) is 5.26 Å². The molecule has 2 heterocycles. The average Bonchev–Trinajstić information content (AvgIpc) is 3.16. The number of nitriles is 1. The second-order valence-electron chi connectivity index (χ2n) is 6.01. The first-order valence-electron chi connectivity index (χ1n) is 8.26. The quantitative estimate of drug-likeness (QED) is 0.570. The van der Waals surface area contributed by atoms with Crippen molar-refractivity contribution in [2.75, 3.05) is 5.32 Å². The molecule has 0 atom stereocenters. The number of nitrogens with one attached hydrogen (secondary N) is 1. The molecule has 1 amide bonds. The number of carbonyl (C=O) groups is 1. The number of amides is 1. The van der Waals surface area contributed by atoms with Crippen LogP contribution in [-0.2, 0) is 11.8 Å². The van der Waals surface area contributed by atoms with E-state index in [1.54, 1.807) is 49.8 Å². The molecule has 0 unspecified atom stereocenters. The number of hydrogen-bond acceptors (Lipinski definition) is 4. The van der Waals surface area contributed by atoms with Crippen LogP contribution in [0, 0.1) is 25.2 Å². The van der Waals surface area contributed by atoms with Gasteiger partial charge >= 0.3 is 0 Å². The van der Waals surface area contributed by atoms with Crippen LogP contribution in [0.4, 0.5) is 5.69 Å². The van der Waals surface area contributed by atoms with Gasteiger partial charge in [-0.1, -0.05) is 18.2 Å². The number of carbonyl (C=O) groups excluding carboxylic acids is 1. The van der Waals surface area contributed by atoms with Crippen LogP contribution in [0.2, 0.25) is 0 Å². The molecule has 7 heteroatoms. The molecule has 136 valence electrons. The molecule has 0 saturated carbocycles. The summed E-state index contributed by atoms with van der Waals surface area (Å²) in [5, 5.41) is 11.9. The summed E-state index contributed by atoms with van der Waals surface area (Å²) in [7, 11) is 1.73. The summed E-state index contributed by atoms with van der Waals surface area (Å²) in [4.78, 5) is 25.3. The molecule has 0 saturated heterocycles. The first-order chi connectivity index (χ1) is 12.9. The highest BCUT2D eigenvalue weighted by atomic mass is 16.3. The number of furan rings is 1. The summed E-state index contributed by atoms with van der Waals surface area (Å²) in [6.07, 6.45) is 1.34. The second kappa shape index (κ2) is 7.22. The predicted molar refractivity (Wildman–Crippen MR) is 101 cm³/mol. The van der Waals surface area contributed by atoms with E-state index in [4.69, 9.17) is 4.42 Å². The van der Waals surface area contributed by atoms with Crippen LogP contribution >= 0.6 is 0 Å². The van der Waals surface area contributed by atoms with Gasteiger partial charge in [0.05, 0.1) is 11.4 Å². The number of anilines is 1. The summed E-state index contributed by atoms with van der Waals surface area (Å²) in [6, 6.07) is 14.3. The molecular weight excluding hydrogens is 344 g/mol. The second-order valence-corrected chi connectivity index (χ2v) is 6.01. The highest BCUT2D eigenvalue weighted by molar-refractivity contribution is 6.09. The van der Waals surface area contributed by atoms with Crippen LogP contribution in [0.25, 0.3) is 11.8 Å². The largest absolute Gasteiger partial charge is 0.462 e. The minimum absolute atomic E-state index is 0.128. The molecule has 0 radical (unpaired) electrons. The summed E-state index contributed by atoms with van der Waals surface area (Å²) in [5.41, 5.74) is 0.848. The summed E-state index contributed by atoms with van der Waals surface area (Å²) < 4.78 is 8.47. The highest BCUT2D eigenvalue weighted by Gasteiger charge is 2.20. The fraction of sp³-hybridized carbons (Fsp3) is 0.150. The van der Waals surface area contributed by atoms with Gasteiger partial charge in [0.15, 0.2) is 0 Å². The minimum atomic E-state index is -0.669.